The first-order chi connectivity index (χ1) is 10.6. The zero-order valence-corrected chi connectivity index (χ0v) is 14.6. The number of benzene rings is 1. The van der Waals surface area contributed by atoms with E-state index in [-0.39, 0.29) is 17.8 Å². The first-order valence-corrected chi connectivity index (χ1v) is 8.99. The highest BCUT2D eigenvalue weighted by Crippen LogP contribution is 2.36. The molecule has 0 aromatic heterocycles. The van der Waals surface area contributed by atoms with Crippen molar-refractivity contribution in [3.05, 3.63) is 34.3 Å². The van der Waals surface area contributed by atoms with Gasteiger partial charge in [0.15, 0.2) is 0 Å². The summed E-state index contributed by atoms with van der Waals surface area (Å²) in [4.78, 5) is 11.4. The van der Waals surface area contributed by atoms with Gasteiger partial charge < -0.3 is 4.74 Å². The van der Waals surface area contributed by atoms with Gasteiger partial charge in [-0.05, 0) is 49.3 Å². The molecule has 1 aliphatic rings. The Morgan fingerprint density at radius 1 is 1.32 bits per heavy atom. The van der Waals surface area contributed by atoms with E-state index in [1.165, 1.54) is 37.7 Å². The fourth-order valence-corrected chi connectivity index (χ4v) is 3.83. The highest BCUT2D eigenvalue weighted by molar-refractivity contribution is 6.31. The molecule has 0 radical (unpaired) electrons. The summed E-state index contributed by atoms with van der Waals surface area (Å²) >= 11 is 12.7. The quantitative estimate of drug-likeness (QED) is 0.504. The van der Waals surface area contributed by atoms with Gasteiger partial charge in [0.1, 0.15) is 0 Å². The van der Waals surface area contributed by atoms with Crippen LogP contribution in [-0.4, -0.2) is 18.0 Å². The lowest BCUT2D eigenvalue weighted by Gasteiger charge is -2.23. The molecule has 0 amide bonds. The maximum Gasteiger partial charge on any atom is 0.307 e. The molecule has 1 atom stereocenters. The Labute approximate surface area is 143 Å². The lowest BCUT2D eigenvalue weighted by molar-refractivity contribution is -0.143. The lowest BCUT2D eigenvalue weighted by Crippen LogP contribution is -2.13. The van der Waals surface area contributed by atoms with Crippen LogP contribution in [0.1, 0.15) is 62.5 Å². The number of alkyl halides is 1. The number of esters is 1. The number of hydrogen-bond acceptors (Lipinski definition) is 2. The number of carbonyl (C=O) groups excluding carboxylic acids is 1. The first kappa shape index (κ1) is 17.6. The maximum absolute atomic E-state index is 11.4. The molecule has 1 unspecified atom stereocenters. The summed E-state index contributed by atoms with van der Waals surface area (Å²) in [6.45, 7) is 2.19. The van der Waals surface area contributed by atoms with Crippen LogP contribution >= 0.6 is 23.2 Å². The van der Waals surface area contributed by atoms with Crippen molar-refractivity contribution in [2.75, 3.05) is 6.61 Å². The molecular weight excluding hydrogens is 319 g/mol. The number of carbonyl (C=O) groups is 1. The van der Waals surface area contributed by atoms with Gasteiger partial charge in [-0.2, -0.15) is 0 Å². The van der Waals surface area contributed by atoms with Crippen LogP contribution in [0.3, 0.4) is 0 Å². The predicted molar refractivity (Wildman–Crippen MR) is 91.9 cm³/mol. The monoisotopic (exact) mass is 342 g/mol. The molecule has 0 bridgehead atoms. The van der Waals surface area contributed by atoms with Crippen molar-refractivity contribution in [2.45, 2.75) is 63.2 Å². The van der Waals surface area contributed by atoms with Crippen LogP contribution in [0.25, 0.3) is 0 Å². The summed E-state index contributed by atoms with van der Waals surface area (Å²) in [5, 5.41) is 0.583. The van der Waals surface area contributed by atoms with Crippen LogP contribution in [0.5, 0.6) is 0 Å². The maximum atomic E-state index is 11.4. The lowest BCUT2D eigenvalue weighted by atomic mass is 9.83. The van der Waals surface area contributed by atoms with Gasteiger partial charge in [-0.25, -0.2) is 0 Å². The molecule has 1 aromatic rings. The number of rotatable bonds is 6. The summed E-state index contributed by atoms with van der Waals surface area (Å²) in [7, 11) is 0. The molecule has 4 heteroatoms. The largest absolute Gasteiger partial charge is 0.466 e. The molecule has 0 saturated heterocycles. The number of ether oxygens (including phenoxy) is 1. The van der Waals surface area contributed by atoms with E-state index >= 15 is 0 Å². The molecule has 2 nitrogen and oxygen atoms in total. The molecule has 0 N–H and O–H groups in total. The van der Waals surface area contributed by atoms with Gasteiger partial charge in [-0.15, -0.1) is 11.6 Å². The van der Waals surface area contributed by atoms with Gasteiger partial charge in [-0.1, -0.05) is 43.0 Å². The zero-order chi connectivity index (χ0) is 15.9. The van der Waals surface area contributed by atoms with Crippen molar-refractivity contribution >= 4 is 29.2 Å². The van der Waals surface area contributed by atoms with Gasteiger partial charge in [-0.3, -0.25) is 4.79 Å². The average molecular weight is 343 g/mol. The molecule has 1 aromatic carbocycles. The molecule has 122 valence electrons. The third-order valence-electron chi connectivity index (χ3n) is 4.26. The van der Waals surface area contributed by atoms with Crippen molar-refractivity contribution in [1.29, 1.82) is 0 Å². The van der Waals surface area contributed by atoms with Crippen LogP contribution in [0.15, 0.2) is 18.2 Å². The Morgan fingerprint density at radius 3 is 2.68 bits per heavy atom. The zero-order valence-electron chi connectivity index (χ0n) is 13.1. The smallest absolute Gasteiger partial charge is 0.307 e. The third-order valence-corrected chi connectivity index (χ3v) is 4.90. The Balaban J connectivity index is 1.95. The fourth-order valence-electron chi connectivity index (χ4n) is 3.17. The van der Waals surface area contributed by atoms with Crippen LogP contribution in [-0.2, 0) is 16.0 Å². The van der Waals surface area contributed by atoms with Crippen LogP contribution in [0.4, 0.5) is 0 Å². The molecule has 1 fully saturated rings. The molecule has 1 saturated carbocycles. The van der Waals surface area contributed by atoms with Crippen LogP contribution in [0, 0.1) is 0 Å². The standard InChI is InChI=1S/C18H24Cl2O2/c1-2-22-18(21)12-15(19)10-13-8-9-16(17(20)11-13)14-6-4-3-5-7-14/h8-9,11,14-15H,2-7,10,12H2,1H3. The topological polar surface area (TPSA) is 26.3 Å². The fraction of sp³-hybridized carbons (Fsp3) is 0.611. The highest BCUT2D eigenvalue weighted by Gasteiger charge is 2.19. The Morgan fingerprint density at radius 2 is 2.05 bits per heavy atom. The second kappa shape index (κ2) is 8.79. The van der Waals surface area contributed by atoms with Gasteiger partial charge in [0, 0.05) is 10.4 Å². The summed E-state index contributed by atoms with van der Waals surface area (Å²) in [5.41, 5.74) is 2.34. The van der Waals surface area contributed by atoms with E-state index in [4.69, 9.17) is 27.9 Å². The molecule has 1 aliphatic carbocycles. The Hall–Kier alpha value is -0.730. The molecule has 0 aliphatic heterocycles. The first-order valence-electron chi connectivity index (χ1n) is 8.18. The van der Waals surface area contributed by atoms with Crippen molar-refractivity contribution in [3.63, 3.8) is 0 Å². The van der Waals surface area contributed by atoms with Crippen LogP contribution < -0.4 is 0 Å². The van der Waals surface area contributed by atoms with E-state index in [1.807, 2.05) is 6.07 Å². The van der Waals surface area contributed by atoms with E-state index < -0.39 is 0 Å². The van der Waals surface area contributed by atoms with E-state index in [1.54, 1.807) is 6.92 Å². The van der Waals surface area contributed by atoms with Gasteiger partial charge in [0.25, 0.3) is 0 Å². The van der Waals surface area contributed by atoms with Crippen molar-refractivity contribution in [1.82, 2.24) is 0 Å². The van der Waals surface area contributed by atoms with E-state index in [0.29, 0.717) is 18.9 Å². The molecule has 0 heterocycles. The van der Waals surface area contributed by atoms with Crippen molar-refractivity contribution in [2.24, 2.45) is 0 Å². The van der Waals surface area contributed by atoms with Gasteiger partial charge >= 0.3 is 5.97 Å². The van der Waals surface area contributed by atoms with Gasteiger partial charge in [0.05, 0.1) is 13.0 Å². The van der Waals surface area contributed by atoms with Crippen molar-refractivity contribution < 1.29 is 9.53 Å². The van der Waals surface area contributed by atoms with E-state index in [0.717, 1.165) is 10.6 Å². The summed E-state index contributed by atoms with van der Waals surface area (Å²) in [6, 6.07) is 6.24. The number of hydrogen-bond donors (Lipinski definition) is 0. The highest BCUT2D eigenvalue weighted by atomic mass is 35.5. The average Bonchev–Trinajstić information content (AvgIpc) is 2.48. The molecular formula is C18H24Cl2O2. The Bertz CT molecular complexity index is 496. The minimum atomic E-state index is -0.254. The Kier molecular flexibility index (Phi) is 7.04. The predicted octanol–water partition coefficient (Wildman–Crippen LogP) is 5.49. The summed E-state index contributed by atoms with van der Waals surface area (Å²) in [5.74, 6) is 0.356. The minimum absolute atomic E-state index is 0.234. The second-order valence-corrected chi connectivity index (χ2v) is 7.03. The third kappa shape index (κ3) is 5.17. The molecule has 2 rings (SSSR count). The SMILES string of the molecule is CCOC(=O)CC(Cl)Cc1ccc(C2CCCCC2)c(Cl)c1. The normalized spacial score (nSPS) is 17.2. The minimum Gasteiger partial charge on any atom is -0.466 e. The van der Waals surface area contributed by atoms with Crippen LogP contribution in [0.2, 0.25) is 5.02 Å². The summed E-state index contributed by atoms with van der Waals surface area (Å²) in [6.07, 6.45) is 7.27. The molecule has 0 spiro atoms. The number of halogens is 2. The van der Waals surface area contributed by atoms with Crippen molar-refractivity contribution in [3.8, 4) is 0 Å². The van der Waals surface area contributed by atoms with E-state index in [9.17, 15) is 4.79 Å². The van der Waals surface area contributed by atoms with E-state index in [2.05, 4.69) is 12.1 Å². The second-order valence-electron chi connectivity index (χ2n) is 6.00. The van der Waals surface area contributed by atoms with Gasteiger partial charge in [0.2, 0.25) is 0 Å². The molecule has 22 heavy (non-hydrogen) atoms. The summed E-state index contributed by atoms with van der Waals surface area (Å²) < 4.78 is 4.92.